The van der Waals surface area contributed by atoms with Gasteiger partial charge >= 0.3 is 0 Å². The molecule has 0 radical (unpaired) electrons. The molecule has 0 unspecified atom stereocenters. The molecule has 0 saturated carbocycles. The van der Waals surface area contributed by atoms with Crippen LogP contribution in [0, 0.1) is 0 Å². The lowest BCUT2D eigenvalue weighted by Gasteiger charge is -2.28. The lowest BCUT2D eigenvalue weighted by Crippen LogP contribution is -2.42. The summed E-state index contributed by atoms with van der Waals surface area (Å²) in [5.41, 5.74) is 0.880. The van der Waals surface area contributed by atoms with E-state index in [2.05, 4.69) is 10.2 Å². The van der Waals surface area contributed by atoms with Gasteiger partial charge in [0, 0.05) is 18.1 Å². The van der Waals surface area contributed by atoms with Crippen molar-refractivity contribution in [1.29, 1.82) is 0 Å². The van der Waals surface area contributed by atoms with Gasteiger partial charge < -0.3 is 15.3 Å². The molecule has 0 bridgehead atoms. The van der Waals surface area contributed by atoms with Crippen LogP contribution in [0.4, 0.5) is 0 Å². The van der Waals surface area contributed by atoms with Crippen molar-refractivity contribution in [1.82, 2.24) is 10.2 Å². The minimum atomic E-state index is -0.508. The van der Waals surface area contributed by atoms with E-state index in [0.717, 1.165) is 18.7 Å². The van der Waals surface area contributed by atoms with Crippen LogP contribution in [0.15, 0.2) is 24.3 Å². The summed E-state index contributed by atoms with van der Waals surface area (Å²) in [6.45, 7) is 3.04. The fraction of sp³-hybridized carbons (Fsp3) is 0.562. The summed E-state index contributed by atoms with van der Waals surface area (Å²) >= 11 is 5.89. The highest BCUT2D eigenvalue weighted by Crippen LogP contribution is 2.11. The number of nitrogens with one attached hydrogen (secondary N) is 1. The van der Waals surface area contributed by atoms with E-state index in [9.17, 15) is 9.90 Å². The largest absolute Gasteiger partial charge is 0.390 e. The summed E-state index contributed by atoms with van der Waals surface area (Å²) in [6.07, 6.45) is 3.47. The molecule has 0 aromatic heterocycles. The number of piperidine rings is 1. The van der Waals surface area contributed by atoms with Crippen LogP contribution in [0.1, 0.15) is 24.8 Å². The number of aliphatic hydroxyl groups excluding tert-OH is 1. The number of likely N-dealkylation sites (tertiary alicyclic amines) is 1. The van der Waals surface area contributed by atoms with E-state index in [1.165, 1.54) is 19.3 Å². The minimum Gasteiger partial charge on any atom is -0.390 e. The Kier molecular flexibility index (Phi) is 6.49. The maximum atomic E-state index is 11.8. The Morgan fingerprint density at radius 1 is 1.33 bits per heavy atom. The summed E-state index contributed by atoms with van der Waals surface area (Å²) in [5.74, 6) is -0.0880. The van der Waals surface area contributed by atoms with Crippen LogP contribution in [0.25, 0.3) is 0 Å². The molecule has 1 atom stereocenters. The molecule has 0 spiro atoms. The van der Waals surface area contributed by atoms with Gasteiger partial charge in [-0.3, -0.25) is 4.79 Å². The van der Waals surface area contributed by atoms with E-state index in [-0.39, 0.29) is 12.3 Å². The first-order valence-corrected chi connectivity index (χ1v) is 7.93. The minimum absolute atomic E-state index is 0.0880. The number of hydrogen-bond acceptors (Lipinski definition) is 3. The molecule has 1 aromatic carbocycles. The van der Waals surface area contributed by atoms with E-state index in [1.54, 1.807) is 12.1 Å². The molecule has 1 fully saturated rings. The summed E-state index contributed by atoms with van der Waals surface area (Å²) in [4.78, 5) is 14.1. The zero-order valence-corrected chi connectivity index (χ0v) is 13.0. The second-order valence-electron chi connectivity index (χ2n) is 5.63. The Labute approximate surface area is 131 Å². The van der Waals surface area contributed by atoms with E-state index in [1.807, 2.05) is 12.1 Å². The van der Waals surface area contributed by atoms with Gasteiger partial charge in [0.05, 0.1) is 12.5 Å². The van der Waals surface area contributed by atoms with Gasteiger partial charge in [-0.15, -0.1) is 0 Å². The smallest absolute Gasteiger partial charge is 0.224 e. The molecule has 1 saturated heterocycles. The predicted molar refractivity (Wildman–Crippen MR) is 84.5 cm³/mol. The van der Waals surface area contributed by atoms with E-state index in [4.69, 9.17) is 11.6 Å². The molecular weight excluding hydrogens is 288 g/mol. The zero-order valence-electron chi connectivity index (χ0n) is 12.2. The maximum absolute atomic E-state index is 11.8. The van der Waals surface area contributed by atoms with Crippen molar-refractivity contribution in [2.75, 3.05) is 26.2 Å². The predicted octanol–water partition coefficient (Wildman–Crippen LogP) is 1.85. The summed E-state index contributed by atoms with van der Waals surface area (Å²) in [7, 11) is 0. The van der Waals surface area contributed by atoms with Crippen molar-refractivity contribution in [2.24, 2.45) is 0 Å². The lowest BCUT2D eigenvalue weighted by atomic mass is 10.1. The van der Waals surface area contributed by atoms with Gasteiger partial charge in [-0.1, -0.05) is 30.2 Å². The Morgan fingerprint density at radius 3 is 2.81 bits per heavy atom. The van der Waals surface area contributed by atoms with Crippen molar-refractivity contribution in [3.05, 3.63) is 34.9 Å². The van der Waals surface area contributed by atoms with Crippen molar-refractivity contribution >= 4 is 17.5 Å². The molecular formula is C16H23ClN2O2. The van der Waals surface area contributed by atoms with Gasteiger partial charge in [0.2, 0.25) is 5.91 Å². The molecule has 1 aromatic rings. The average Bonchev–Trinajstić information content (AvgIpc) is 2.46. The quantitative estimate of drug-likeness (QED) is 0.843. The molecule has 4 nitrogen and oxygen atoms in total. The van der Waals surface area contributed by atoms with Gasteiger partial charge in [0.25, 0.3) is 0 Å². The van der Waals surface area contributed by atoms with E-state index < -0.39 is 6.10 Å². The number of hydrogen-bond donors (Lipinski definition) is 2. The molecule has 0 aliphatic carbocycles. The standard InChI is InChI=1S/C16H23ClN2O2/c17-14-6-4-5-13(9-14)10-16(21)18-11-15(20)12-19-7-2-1-3-8-19/h4-6,9,15,20H,1-3,7-8,10-12H2,(H,18,21)/t15-/m1/s1. The monoisotopic (exact) mass is 310 g/mol. The van der Waals surface area contributed by atoms with E-state index >= 15 is 0 Å². The topological polar surface area (TPSA) is 52.6 Å². The number of halogens is 1. The number of benzene rings is 1. The number of aliphatic hydroxyl groups is 1. The van der Waals surface area contributed by atoms with E-state index in [0.29, 0.717) is 18.1 Å². The molecule has 21 heavy (non-hydrogen) atoms. The van der Waals surface area contributed by atoms with Gasteiger partial charge in [-0.05, 0) is 43.6 Å². The number of carbonyl (C=O) groups is 1. The van der Waals surface area contributed by atoms with Gasteiger partial charge in [0.1, 0.15) is 0 Å². The fourth-order valence-corrected chi connectivity index (χ4v) is 2.84. The third-order valence-electron chi connectivity index (χ3n) is 3.71. The van der Waals surface area contributed by atoms with Crippen LogP contribution in [0.2, 0.25) is 5.02 Å². The Morgan fingerprint density at radius 2 is 2.10 bits per heavy atom. The second-order valence-corrected chi connectivity index (χ2v) is 6.06. The van der Waals surface area contributed by atoms with Crippen LogP contribution in [0.5, 0.6) is 0 Å². The van der Waals surface area contributed by atoms with Crippen molar-refractivity contribution in [3.63, 3.8) is 0 Å². The first-order chi connectivity index (χ1) is 10.1. The average molecular weight is 311 g/mol. The van der Waals surface area contributed by atoms with Crippen LogP contribution in [0.3, 0.4) is 0 Å². The molecule has 1 heterocycles. The van der Waals surface area contributed by atoms with Gasteiger partial charge in [-0.2, -0.15) is 0 Å². The molecule has 2 rings (SSSR count). The molecule has 1 amide bonds. The molecule has 1 aliphatic rings. The number of carbonyl (C=O) groups excluding carboxylic acids is 1. The number of rotatable bonds is 6. The SMILES string of the molecule is O=C(Cc1cccc(Cl)c1)NC[C@@H](O)CN1CCCCC1. The maximum Gasteiger partial charge on any atom is 0.224 e. The Hall–Kier alpha value is -1.10. The molecule has 116 valence electrons. The highest BCUT2D eigenvalue weighted by molar-refractivity contribution is 6.30. The third-order valence-corrected chi connectivity index (χ3v) is 3.94. The molecule has 5 heteroatoms. The molecule has 1 aliphatic heterocycles. The van der Waals surface area contributed by atoms with Crippen LogP contribution >= 0.6 is 11.6 Å². The normalized spacial score (nSPS) is 17.4. The van der Waals surface area contributed by atoms with Crippen molar-refractivity contribution in [3.8, 4) is 0 Å². The Bertz CT molecular complexity index is 461. The zero-order chi connectivity index (χ0) is 15.1. The third kappa shape index (κ3) is 6.04. The van der Waals surface area contributed by atoms with Crippen molar-refractivity contribution in [2.45, 2.75) is 31.8 Å². The van der Waals surface area contributed by atoms with Crippen LogP contribution in [-0.4, -0.2) is 48.2 Å². The second kappa shape index (κ2) is 8.37. The number of β-amino-alcohol motifs (C(OH)–C–C–N with tert-alkyl or cyclic N) is 1. The fourth-order valence-electron chi connectivity index (χ4n) is 2.63. The number of amides is 1. The van der Waals surface area contributed by atoms with Crippen molar-refractivity contribution < 1.29 is 9.90 Å². The summed E-state index contributed by atoms with van der Waals surface area (Å²) in [5, 5.41) is 13.4. The highest BCUT2D eigenvalue weighted by atomic mass is 35.5. The highest BCUT2D eigenvalue weighted by Gasteiger charge is 2.15. The van der Waals surface area contributed by atoms with Crippen LogP contribution in [-0.2, 0) is 11.2 Å². The van der Waals surface area contributed by atoms with Crippen LogP contribution < -0.4 is 5.32 Å². The summed E-state index contributed by atoms with van der Waals surface area (Å²) < 4.78 is 0. The lowest BCUT2D eigenvalue weighted by molar-refractivity contribution is -0.120. The molecule has 2 N–H and O–H groups in total. The Balaban J connectivity index is 1.68. The van der Waals surface area contributed by atoms with Gasteiger partial charge in [-0.25, -0.2) is 0 Å². The number of nitrogens with zero attached hydrogens (tertiary/aromatic N) is 1. The first kappa shape index (κ1) is 16.3. The van der Waals surface area contributed by atoms with Gasteiger partial charge in [0.15, 0.2) is 0 Å². The first-order valence-electron chi connectivity index (χ1n) is 7.55. The summed E-state index contributed by atoms with van der Waals surface area (Å²) in [6, 6.07) is 7.27.